The quantitative estimate of drug-likeness (QED) is 0.796. The third kappa shape index (κ3) is 3.82. The zero-order valence-electron chi connectivity index (χ0n) is 10.6. The predicted molar refractivity (Wildman–Crippen MR) is 75.3 cm³/mol. The molecule has 1 heterocycles. The number of anilines is 1. The van der Waals surface area contributed by atoms with Crippen LogP contribution >= 0.6 is 15.9 Å². The van der Waals surface area contributed by atoms with E-state index in [0.29, 0.717) is 6.54 Å². The van der Waals surface area contributed by atoms with Gasteiger partial charge in [-0.1, -0.05) is 35.8 Å². The van der Waals surface area contributed by atoms with Gasteiger partial charge in [-0.2, -0.15) is 0 Å². The number of carbonyl (C=O) groups is 1. The van der Waals surface area contributed by atoms with Gasteiger partial charge in [-0.15, -0.1) is 0 Å². The first kappa shape index (κ1) is 14.2. The summed E-state index contributed by atoms with van der Waals surface area (Å²) in [5.41, 5.74) is 0.975. The molecule has 0 radical (unpaired) electrons. The van der Waals surface area contributed by atoms with Crippen molar-refractivity contribution in [3.05, 3.63) is 28.7 Å². The first-order valence-electron chi connectivity index (χ1n) is 5.91. The number of piperazine rings is 1. The molecule has 0 bridgehead atoms. The summed E-state index contributed by atoms with van der Waals surface area (Å²) in [7, 11) is 1.97. The Labute approximate surface area is 112 Å². The number of amides is 1. The normalized spacial score (nSPS) is 16.5. The van der Waals surface area contributed by atoms with E-state index in [1.807, 2.05) is 55.0 Å². The maximum atomic E-state index is 11.8. The molecular formula is C13H19BrN2O. The van der Waals surface area contributed by atoms with Crippen molar-refractivity contribution in [1.82, 2.24) is 4.90 Å². The average molecular weight is 299 g/mol. The van der Waals surface area contributed by atoms with Crippen LogP contribution in [0.3, 0.4) is 0 Å². The molecule has 1 aliphatic heterocycles. The highest BCUT2D eigenvalue weighted by atomic mass is 79.9. The molecule has 1 aromatic rings. The summed E-state index contributed by atoms with van der Waals surface area (Å²) in [4.78, 5) is 15.7. The largest absolute Gasteiger partial charge is 0.310 e. The van der Waals surface area contributed by atoms with E-state index in [1.54, 1.807) is 0 Å². The van der Waals surface area contributed by atoms with Gasteiger partial charge < -0.3 is 4.90 Å². The van der Waals surface area contributed by atoms with Gasteiger partial charge in [-0.3, -0.25) is 9.69 Å². The molecule has 2 rings (SSSR count). The van der Waals surface area contributed by atoms with E-state index in [-0.39, 0.29) is 5.91 Å². The minimum absolute atomic E-state index is 0.168. The number of halogens is 1. The lowest BCUT2D eigenvalue weighted by molar-refractivity contribution is -0.120. The summed E-state index contributed by atoms with van der Waals surface area (Å²) in [5, 5.41) is 0. The highest BCUT2D eigenvalue weighted by molar-refractivity contribution is 9.10. The number of likely N-dealkylation sites (N-methyl/N-ethyl adjacent to an activating group) is 1. The van der Waals surface area contributed by atoms with Gasteiger partial charge in [0.2, 0.25) is 5.91 Å². The molecule has 4 heteroatoms. The zero-order chi connectivity index (χ0) is 12.8. The van der Waals surface area contributed by atoms with E-state index >= 15 is 0 Å². The molecule has 17 heavy (non-hydrogen) atoms. The van der Waals surface area contributed by atoms with E-state index in [2.05, 4.69) is 15.9 Å². The monoisotopic (exact) mass is 298 g/mol. The summed E-state index contributed by atoms with van der Waals surface area (Å²) in [6.45, 7) is 6.20. The van der Waals surface area contributed by atoms with Gasteiger partial charge in [0.1, 0.15) is 0 Å². The predicted octanol–water partition coefficient (Wildman–Crippen LogP) is 2.75. The molecular weight excluding hydrogens is 280 g/mol. The second kappa shape index (κ2) is 6.77. The second-order valence-electron chi connectivity index (χ2n) is 3.76. The Hall–Kier alpha value is -0.870. The Balaban J connectivity index is 0.000000686. The molecule has 1 fully saturated rings. The molecule has 0 atom stereocenters. The minimum atomic E-state index is 0.168. The minimum Gasteiger partial charge on any atom is -0.310 e. The van der Waals surface area contributed by atoms with Gasteiger partial charge in [-0.05, 0) is 25.2 Å². The highest BCUT2D eigenvalue weighted by Gasteiger charge is 2.22. The van der Waals surface area contributed by atoms with Crippen LogP contribution in [0.4, 0.5) is 5.69 Å². The Morgan fingerprint density at radius 2 is 1.94 bits per heavy atom. The molecule has 0 saturated carbocycles. The maximum absolute atomic E-state index is 11.8. The third-order valence-electron chi connectivity index (χ3n) is 2.53. The molecule has 0 aliphatic carbocycles. The number of rotatable bonds is 1. The lowest BCUT2D eigenvalue weighted by atomic mass is 10.2. The van der Waals surface area contributed by atoms with Crippen molar-refractivity contribution in [3.8, 4) is 0 Å². The van der Waals surface area contributed by atoms with Gasteiger partial charge in [0.05, 0.1) is 6.54 Å². The molecule has 1 aromatic carbocycles. The summed E-state index contributed by atoms with van der Waals surface area (Å²) >= 11 is 3.41. The number of hydrogen-bond acceptors (Lipinski definition) is 2. The number of nitrogens with zero attached hydrogens (tertiary/aromatic N) is 2. The molecule has 0 aromatic heterocycles. The first-order chi connectivity index (χ1) is 8.16. The Morgan fingerprint density at radius 3 is 2.53 bits per heavy atom. The average Bonchev–Trinajstić information content (AvgIpc) is 2.31. The number of benzene rings is 1. The van der Waals surface area contributed by atoms with Crippen molar-refractivity contribution in [2.24, 2.45) is 0 Å². The molecule has 1 amide bonds. The van der Waals surface area contributed by atoms with Crippen LogP contribution in [0.15, 0.2) is 28.7 Å². The zero-order valence-corrected chi connectivity index (χ0v) is 12.2. The van der Waals surface area contributed by atoms with Crippen molar-refractivity contribution < 1.29 is 4.79 Å². The topological polar surface area (TPSA) is 23.6 Å². The van der Waals surface area contributed by atoms with Crippen molar-refractivity contribution in [2.75, 3.05) is 31.6 Å². The maximum Gasteiger partial charge on any atom is 0.241 e. The van der Waals surface area contributed by atoms with Crippen LogP contribution in [0.2, 0.25) is 0 Å². The molecule has 1 aliphatic rings. The van der Waals surface area contributed by atoms with Gasteiger partial charge in [0.25, 0.3) is 0 Å². The van der Waals surface area contributed by atoms with Crippen LogP contribution in [-0.2, 0) is 4.79 Å². The van der Waals surface area contributed by atoms with E-state index in [9.17, 15) is 4.79 Å². The van der Waals surface area contributed by atoms with Crippen LogP contribution in [0, 0.1) is 0 Å². The third-order valence-corrected chi connectivity index (χ3v) is 3.02. The number of carbonyl (C=O) groups excluding carboxylic acids is 1. The first-order valence-corrected chi connectivity index (χ1v) is 6.70. The Kier molecular flexibility index (Phi) is 5.65. The lowest BCUT2D eigenvalue weighted by Crippen LogP contribution is -2.48. The molecule has 1 saturated heterocycles. The van der Waals surface area contributed by atoms with Gasteiger partial charge in [0.15, 0.2) is 0 Å². The van der Waals surface area contributed by atoms with E-state index < -0.39 is 0 Å². The van der Waals surface area contributed by atoms with Crippen LogP contribution in [-0.4, -0.2) is 37.5 Å². The molecule has 0 spiro atoms. The van der Waals surface area contributed by atoms with E-state index in [4.69, 9.17) is 0 Å². The summed E-state index contributed by atoms with van der Waals surface area (Å²) in [6, 6.07) is 7.85. The number of hydrogen-bond donors (Lipinski definition) is 0. The van der Waals surface area contributed by atoms with Crippen molar-refractivity contribution in [1.29, 1.82) is 0 Å². The van der Waals surface area contributed by atoms with Crippen molar-refractivity contribution >= 4 is 27.5 Å². The van der Waals surface area contributed by atoms with Crippen LogP contribution < -0.4 is 4.90 Å². The lowest BCUT2D eigenvalue weighted by Gasteiger charge is -2.32. The summed E-state index contributed by atoms with van der Waals surface area (Å²) in [6.07, 6.45) is 0. The molecule has 0 unspecified atom stereocenters. The highest BCUT2D eigenvalue weighted by Crippen LogP contribution is 2.21. The van der Waals surface area contributed by atoms with Crippen molar-refractivity contribution in [2.45, 2.75) is 13.8 Å². The fourth-order valence-electron chi connectivity index (χ4n) is 1.71. The smallest absolute Gasteiger partial charge is 0.241 e. The Morgan fingerprint density at radius 1 is 1.24 bits per heavy atom. The van der Waals surface area contributed by atoms with E-state index in [1.165, 1.54) is 0 Å². The molecule has 3 nitrogen and oxygen atoms in total. The van der Waals surface area contributed by atoms with Crippen molar-refractivity contribution in [3.63, 3.8) is 0 Å². The fraction of sp³-hybridized carbons (Fsp3) is 0.462. The second-order valence-corrected chi connectivity index (χ2v) is 4.68. The van der Waals surface area contributed by atoms with Gasteiger partial charge >= 0.3 is 0 Å². The van der Waals surface area contributed by atoms with Crippen LogP contribution in [0.25, 0.3) is 0 Å². The van der Waals surface area contributed by atoms with Gasteiger partial charge in [0, 0.05) is 23.2 Å². The Bertz CT molecular complexity index is 381. The standard InChI is InChI=1S/C11H13BrN2O.C2H6/c1-13-5-6-14(11(15)8-13)10-4-2-3-9(12)7-10;1-2/h2-4,7H,5-6,8H2,1H3;1-2H3. The SMILES string of the molecule is CC.CN1CCN(c2cccc(Br)c2)C(=O)C1. The molecule has 94 valence electrons. The van der Waals surface area contributed by atoms with Gasteiger partial charge in [-0.25, -0.2) is 0 Å². The summed E-state index contributed by atoms with van der Waals surface area (Å²) < 4.78 is 1.01. The van der Waals surface area contributed by atoms with E-state index in [0.717, 1.165) is 23.2 Å². The summed E-state index contributed by atoms with van der Waals surface area (Å²) in [5.74, 6) is 0.168. The van der Waals surface area contributed by atoms with Crippen LogP contribution in [0.5, 0.6) is 0 Å². The molecule has 0 N–H and O–H groups in total. The van der Waals surface area contributed by atoms with Crippen LogP contribution in [0.1, 0.15) is 13.8 Å². The fourth-order valence-corrected chi connectivity index (χ4v) is 2.09.